The number of thiazole rings is 1. The van der Waals surface area contributed by atoms with Crippen LogP contribution in [0.25, 0.3) is 0 Å². The first kappa shape index (κ1) is 17.6. The van der Waals surface area contributed by atoms with Gasteiger partial charge in [0.05, 0.1) is 0 Å². The van der Waals surface area contributed by atoms with E-state index < -0.39 is 21.9 Å². The maximum absolute atomic E-state index is 12.2. The standard InChI is InChI=1S/C13H18N6O4S2/c1-3-6-18-7-8-24-12(18)16-25(22,23)15-11(20)19-13(21)17(2)10(14-19)9-4-5-9/h7-9H,3-6H2,1-2H3,(H,15,20)/b16-12+. The molecule has 1 saturated carbocycles. The van der Waals surface area contributed by atoms with Gasteiger partial charge in [0.25, 0.3) is 0 Å². The Bertz CT molecular complexity index is 1020. The second-order valence-electron chi connectivity index (χ2n) is 5.74. The third-order valence-electron chi connectivity index (χ3n) is 3.69. The average Bonchev–Trinajstić information content (AvgIpc) is 3.22. The van der Waals surface area contributed by atoms with Crippen LogP contribution in [0.2, 0.25) is 0 Å². The molecule has 1 aliphatic carbocycles. The van der Waals surface area contributed by atoms with Crippen molar-refractivity contribution >= 4 is 27.6 Å². The van der Waals surface area contributed by atoms with Crippen molar-refractivity contribution < 1.29 is 13.2 Å². The molecule has 1 N–H and O–H groups in total. The minimum absolute atomic E-state index is 0.146. The molecule has 0 unspecified atom stereocenters. The molecule has 0 aromatic carbocycles. The topological polar surface area (TPSA) is 120 Å². The first-order valence-electron chi connectivity index (χ1n) is 7.75. The summed E-state index contributed by atoms with van der Waals surface area (Å²) in [5, 5.41) is 5.65. The third-order valence-corrected chi connectivity index (χ3v) is 5.44. The molecule has 2 heterocycles. The highest BCUT2D eigenvalue weighted by Gasteiger charge is 2.31. The average molecular weight is 386 g/mol. The van der Waals surface area contributed by atoms with Gasteiger partial charge in [-0.2, -0.15) is 8.42 Å². The van der Waals surface area contributed by atoms with Gasteiger partial charge in [0.2, 0.25) is 4.80 Å². The molecule has 136 valence electrons. The molecule has 1 amide bonds. The number of rotatable bonds is 5. The normalized spacial score (nSPS) is 15.5. The second kappa shape index (κ2) is 6.59. The molecule has 0 atom stereocenters. The molecule has 1 fully saturated rings. The predicted octanol–water partition coefficient (Wildman–Crippen LogP) is 0.136. The number of aryl methyl sites for hydroxylation is 1. The van der Waals surface area contributed by atoms with Crippen LogP contribution in [0.4, 0.5) is 4.79 Å². The maximum atomic E-state index is 12.2. The Hall–Kier alpha value is -2.21. The fourth-order valence-corrected chi connectivity index (χ4v) is 4.09. The molecular formula is C13H18N6O4S2. The fourth-order valence-electron chi connectivity index (χ4n) is 2.34. The van der Waals surface area contributed by atoms with Crippen molar-refractivity contribution in [3.63, 3.8) is 0 Å². The van der Waals surface area contributed by atoms with Gasteiger partial charge in [0, 0.05) is 31.1 Å². The lowest BCUT2D eigenvalue weighted by Crippen LogP contribution is -2.40. The summed E-state index contributed by atoms with van der Waals surface area (Å²) in [6.07, 6.45) is 4.32. The summed E-state index contributed by atoms with van der Waals surface area (Å²) >= 11 is 1.14. The van der Waals surface area contributed by atoms with Gasteiger partial charge in [0.15, 0.2) is 0 Å². The van der Waals surface area contributed by atoms with Crippen molar-refractivity contribution in [1.29, 1.82) is 0 Å². The zero-order valence-electron chi connectivity index (χ0n) is 13.7. The van der Waals surface area contributed by atoms with Crippen molar-refractivity contribution in [2.45, 2.75) is 38.6 Å². The molecule has 0 spiro atoms. The zero-order valence-corrected chi connectivity index (χ0v) is 15.4. The van der Waals surface area contributed by atoms with E-state index in [1.54, 1.807) is 20.9 Å². The first-order chi connectivity index (χ1) is 11.8. The molecule has 25 heavy (non-hydrogen) atoms. The number of nitrogens with zero attached hydrogens (tertiary/aromatic N) is 5. The summed E-state index contributed by atoms with van der Waals surface area (Å²) in [4.78, 5) is 24.5. The van der Waals surface area contributed by atoms with Crippen molar-refractivity contribution in [1.82, 2.24) is 23.6 Å². The van der Waals surface area contributed by atoms with Gasteiger partial charge in [-0.25, -0.2) is 14.3 Å². The Morgan fingerprint density at radius 3 is 2.84 bits per heavy atom. The van der Waals surface area contributed by atoms with Crippen molar-refractivity contribution in [2.75, 3.05) is 0 Å². The van der Waals surface area contributed by atoms with Gasteiger partial charge < -0.3 is 4.57 Å². The van der Waals surface area contributed by atoms with Crippen LogP contribution in [0.3, 0.4) is 0 Å². The van der Waals surface area contributed by atoms with E-state index in [4.69, 9.17) is 0 Å². The van der Waals surface area contributed by atoms with E-state index in [2.05, 4.69) is 9.50 Å². The van der Waals surface area contributed by atoms with E-state index in [0.29, 0.717) is 17.1 Å². The van der Waals surface area contributed by atoms with Gasteiger partial charge in [-0.3, -0.25) is 4.57 Å². The molecular weight excluding hydrogens is 368 g/mol. The van der Waals surface area contributed by atoms with Crippen LogP contribution in [0.1, 0.15) is 37.9 Å². The predicted molar refractivity (Wildman–Crippen MR) is 90.5 cm³/mol. The molecule has 0 bridgehead atoms. The van der Waals surface area contributed by atoms with Gasteiger partial charge >= 0.3 is 21.9 Å². The molecule has 2 aromatic heterocycles. The van der Waals surface area contributed by atoms with Gasteiger partial charge in [-0.1, -0.05) is 6.92 Å². The van der Waals surface area contributed by atoms with E-state index in [-0.39, 0.29) is 10.7 Å². The molecule has 12 heteroatoms. The van der Waals surface area contributed by atoms with Crippen LogP contribution < -0.4 is 15.2 Å². The quantitative estimate of drug-likeness (QED) is 0.783. The number of carbonyl (C=O) groups excluding carboxylic acids is 1. The van der Waals surface area contributed by atoms with E-state index >= 15 is 0 Å². The third kappa shape index (κ3) is 3.74. The van der Waals surface area contributed by atoms with Crippen LogP contribution in [0.5, 0.6) is 0 Å². The Morgan fingerprint density at radius 1 is 1.48 bits per heavy atom. The lowest BCUT2D eigenvalue weighted by molar-refractivity contribution is 0.243. The minimum atomic E-state index is -4.31. The summed E-state index contributed by atoms with van der Waals surface area (Å²) in [5.74, 6) is 0.626. The number of carbonyl (C=O) groups is 1. The van der Waals surface area contributed by atoms with Crippen LogP contribution in [0, 0.1) is 0 Å². The molecule has 2 aromatic rings. The Kier molecular flexibility index (Phi) is 4.64. The van der Waals surface area contributed by atoms with Gasteiger partial charge in [0.1, 0.15) is 5.82 Å². The molecule has 10 nitrogen and oxygen atoms in total. The lowest BCUT2D eigenvalue weighted by Gasteiger charge is -2.02. The fraction of sp³-hybridized carbons (Fsp3) is 0.538. The largest absolute Gasteiger partial charge is 0.361 e. The minimum Gasteiger partial charge on any atom is -0.323 e. The highest BCUT2D eigenvalue weighted by Crippen LogP contribution is 2.38. The van der Waals surface area contributed by atoms with Crippen LogP contribution in [0.15, 0.2) is 20.8 Å². The summed E-state index contributed by atoms with van der Waals surface area (Å²) in [5.41, 5.74) is -0.688. The highest BCUT2D eigenvalue weighted by molar-refractivity contribution is 7.88. The van der Waals surface area contributed by atoms with E-state index in [9.17, 15) is 18.0 Å². The van der Waals surface area contributed by atoms with Crippen LogP contribution >= 0.6 is 11.3 Å². The summed E-state index contributed by atoms with van der Waals surface area (Å²) < 4.78 is 33.1. The Labute approximate surface area is 147 Å². The molecule has 3 rings (SSSR count). The maximum Gasteiger partial charge on any atom is 0.361 e. The number of amides is 1. The van der Waals surface area contributed by atoms with E-state index in [0.717, 1.165) is 30.6 Å². The number of nitrogens with one attached hydrogen (secondary N) is 1. The van der Waals surface area contributed by atoms with E-state index in [1.165, 1.54) is 11.6 Å². The molecule has 1 aliphatic rings. The first-order valence-corrected chi connectivity index (χ1v) is 10.1. The van der Waals surface area contributed by atoms with Gasteiger partial charge in [-0.05, 0) is 19.3 Å². The smallest absolute Gasteiger partial charge is 0.323 e. The summed E-state index contributed by atoms with van der Waals surface area (Å²) in [7, 11) is -2.81. The number of hydrogen-bond acceptors (Lipinski definition) is 6. The molecule has 0 aliphatic heterocycles. The van der Waals surface area contributed by atoms with Crippen LogP contribution in [-0.2, 0) is 23.8 Å². The Balaban J connectivity index is 1.86. The van der Waals surface area contributed by atoms with Gasteiger partial charge in [-0.15, -0.1) is 25.5 Å². The van der Waals surface area contributed by atoms with E-state index in [1.807, 2.05) is 6.92 Å². The molecule has 0 saturated heterocycles. The highest BCUT2D eigenvalue weighted by atomic mass is 32.2. The number of hydrogen-bond donors (Lipinski definition) is 1. The summed E-state index contributed by atoms with van der Waals surface area (Å²) in [6.45, 7) is 2.56. The number of aromatic nitrogens is 4. The monoisotopic (exact) mass is 386 g/mol. The molecule has 0 radical (unpaired) electrons. The second-order valence-corrected chi connectivity index (χ2v) is 7.95. The lowest BCUT2D eigenvalue weighted by atomic mass is 10.4. The zero-order chi connectivity index (χ0) is 18.2. The SMILES string of the molecule is CCCn1ccs/c1=N/S(=O)(=O)NC(=O)n1nc(C2CC2)n(C)c1=O. The Morgan fingerprint density at radius 2 is 2.20 bits per heavy atom. The van der Waals surface area contributed by atoms with Crippen molar-refractivity contribution in [3.8, 4) is 0 Å². The van der Waals surface area contributed by atoms with Crippen molar-refractivity contribution in [3.05, 3.63) is 32.7 Å². The summed E-state index contributed by atoms with van der Waals surface area (Å²) in [6, 6.07) is -1.14. The van der Waals surface area contributed by atoms with Crippen molar-refractivity contribution in [2.24, 2.45) is 11.4 Å². The van der Waals surface area contributed by atoms with Crippen LogP contribution in [-0.4, -0.2) is 33.4 Å².